The molecule has 17 heavy (non-hydrogen) atoms. The number of rotatable bonds is 6. The Bertz CT molecular complexity index is 440. The minimum atomic E-state index is 0.650. The normalized spacial score (nSPS) is 10.6. The lowest BCUT2D eigenvalue weighted by atomic mass is 10.1. The number of hydrogen-bond acceptors (Lipinski definition) is 4. The second-order valence-electron chi connectivity index (χ2n) is 3.85. The van der Waals surface area contributed by atoms with Crippen molar-refractivity contribution in [1.82, 2.24) is 10.5 Å². The van der Waals surface area contributed by atoms with Crippen LogP contribution in [-0.2, 0) is 24.4 Å². The molecule has 0 radical (unpaired) electrons. The van der Waals surface area contributed by atoms with E-state index in [1.807, 2.05) is 12.1 Å². The fourth-order valence-electron chi connectivity index (χ4n) is 1.66. The molecule has 2 aromatic rings. The molecule has 4 heteroatoms. The molecular formula is C13H16N2O2. The summed E-state index contributed by atoms with van der Waals surface area (Å²) in [4.78, 5) is 0. The number of hydrogen-bond donors (Lipinski definition) is 1. The van der Waals surface area contributed by atoms with Crippen LogP contribution in [0.15, 0.2) is 41.1 Å². The van der Waals surface area contributed by atoms with Gasteiger partial charge in [0.1, 0.15) is 6.26 Å². The van der Waals surface area contributed by atoms with Crippen molar-refractivity contribution >= 4 is 0 Å². The van der Waals surface area contributed by atoms with E-state index in [1.165, 1.54) is 11.1 Å². The summed E-state index contributed by atoms with van der Waals surface area (Å²) in [5.41, 5.74) is 3.34. The summed E-state index contributed by atoms with van der Waals surface area (Å²) in [6.07, 6.45) is 1.58. The van der Waals surface area contributed by atoms with Gasteiger partial charge in [-0.1, -0.05) is 29.4 Å². The molecule has 4 nitrogen and oxygen atoms in total. The third kappa shape index (κ3) is 3.69. The van der Waals surface area contributed by atoms with Crippen LogP contribution in [0.4, 0.5) is 0 Å². The van der Waals surface area contributed by atoms with Gasteiger partial charge in [-0.25, -0.2) is 0 Å². The summed E-state index contributed by atoms with van der Waals surface area (Å²) in [7, 11) is 1.70. The predicted octanol–water partition coefficient (Wildman–Crippen LogP) is 2.11. The molecule has 1 heterocycles. The summed E-state index contributed by atoms with van der Waals surface area (Å²) in [5, 5.41) is 7.15. The number of methoxy groups -OCH3 is 1. The Hall–Kier alpha value is -1.65. The maximum absolute atomic E-state index is 5.10. The van der Waals surface area contributed by atoms with Gasteiger partial charge in [0.15, 0.2) is 0 Å². The summed E-state index contributed by atoms with van der Waals surface area (Å²) in [6.45, 7) is 2.17. The van der Waals surface area contributed by atoms with Gasteiger partial charge in [-0.3, -0.25) is 0 Å². The van der Waals surface area contributed by atoms with E-state index in [9.17, 15) is 0 Å². The number of nitrogens with one attached hydrogen (secondary N) is 1. The Morgan fingerprint density at radius 1 is 1.24 bits per heavy atom. The van der Waals surface area contributed by atoms with E-state index < -0.39 is 0 Å². The minimum Gasteiger partial charge on any atom is -0.380 e. The van der Waals surface area contributed by atoms with E-state index in [2.05, 4.69) is 28.7 Å². The number of aromatic nitrogens is 1. The quantitative estimate of drug-likeness (QED) is 0.828. The molecule has 1 aromatic heterocycles. The average molecular weight is 232 g/mol. The molecule has 1 N–H and O–H groups in total. The molecule has 0 bridgehead atoms. The zero-order valence-corrected chi connectivity index (χ0v) is 9.85. The lowest BCUT2D eigenvalue weighted by Crippen LogP contribution is -2.13. The standard InChI is InChI=1S/C13H16N2O2/c1-16-10-12-4-2-3-11(7-12)8-14-9-13-5-6-17-15-13/h2-7,14H,8-10H2,1H3. The van der Waals surface area contributed by atoms with Crippen molar-refractivity contribution in [3.05, 3.63) is 53.4 Å². The lowest BCUT2D eigenvalue weighted by Gasteiger charge is -2.05. The lowest BCUT2D eigenvalue weighted by molar-refractivity contribution is 0.185. The smallest absolute Gasteiger partial charge is 0.124 e. The third-order valence-corrected chi connectivity index (χ3v) is 2.43. The van der Waals surface area contributed by atoms with Gasteiger partial charge in [-0.2, -0.15) is 0 Å². The minimum absolute atomic E-state index is 0.650. The van der Waals surface area contributed by atoms with E-state index in [0.717, 1.165) is 12.2 Å². The predicted molar refractivity (Wildman–Crippen MR) is 64.2 cm³/mol. The molecule has 0 aliphatic rings. The molecule has 0 unspecified atom stereocenters. The van der Waals surface area contributed by atoms with Crippen LogP contribution in [0.3, 0.4) is 0 Å². The fourth-order valence-corrected chi connectivity index (χ4v) is 1.66. The molecular weight excluding hydrogens is 216 g/mol. The monoisotopic (exact) mass is 232 g/mol. The van der Waals surface area contributed by atoms with Gasteiger partial charge in [0, 0.05) is 26.3 Å². The second-order valence-corrected chi connectivity index (χ2v) is 3.85. The molecule has 0 aliphatic heterocycles. The molecule has 0 atom stereocenters. The van der Waals surface area contributed by atoms with Crippen LogP contribution < -0.4 is 5.32 Å². The molecule has 0 amide bonds. The largest absolute Gasteiger partial charge is 0.380 e. The highest BCUT2D eigenvalue weighted by molar-refractivity contribution is 5.22. The topological polar surface area (TPSA) is 47.3 Å². The van der Waals surface area contributed by atoms with Gasteiger partial charge < -0.3 is 14.6 Å². The third-order valence-electron chi connectivity index (χ3n) is 2.43. The second kappa shape index (κ2) is 6.18. The molecule has 0 spiro atoms. The van der Waals surface area contributed by atoms with Crippen molar-refractivity contribution in [2.45, 2.75) is 19.7 Å². The first-order chi connectivity index (χ1) is 8.38. The summed E-state index contributed by atoms with van der Waals surface area (Å²) >= 11 is 0. The summed E-state index contributed by atoms with van der Waals surface area (Å²) in [5.74, 6) is 0. The Labute approximate surface area is 101 Å². The maximum atomic E-state index is 5.10. The van der Waals surface area contributed by atoms with Gasteiger partial charge in [0.2, 0.25) is 0 Å². The van der Waals surface area contributed by atoms with Gasteiger partial charge in [-0.15, -0.1) is 0 Å². The summed E-state index contributed by atoms with van der Waals surface area (Å²) in [6, 6.07) is 10.2. The van der Waals surface area contributed by atoms with Crippen molar-refractivity contribution in [2.24, 2.45) is 0 Å². The van der Waals surface area contributed by atoms with Gasteiger partial charge in [0.25, 0.3) is 0 Å². The Morgan fingerprint density at radius 3 is 2.88 bits per heavy atom. The average Bonchev–Trinajstić information content (AvgIpc) is 2.83. The first-order valence-electron chi connectivity index (χ1n) is 5.55. The van der Waals surface area contributed by atoms with E-state index in [1.54, 1.807) is 13.4 Å². The van der Waals surface area contributed by atoms with Gasteiger partial charge >= 0.3 is 0 Å². The molecule has 90 valence electrons. The van der Waals surface area contributed by atoms with Crippen molar-refractivity contribution in [3.63, 3.8) is 0 Å². The first-order valence-corrected chi connectivity index (χ1v) is 5.55. The zero-order chi connectivity index (χ0) is 11.9. The van der Waals surface area contributed by atoms with Gasteiger partial charge in [0.05, 0.1) is 12.3 Å². The van der Waals surface area contributed by atoms with E-state index in [4.69, 9.17) is 9.26 Å². The van der Waals surface area contributed by atoms with Crippen molar-refractivity contribution in [3.8, 4) is 0 Å². The highest BCUT2D eigenvalue weighted by Gasteiger charge is 1.98. The van der Waals surface area contributed by atoms with Crippen LogP contribution in [0.2, 0.25) is 0 Å². The molecule has 2 rings (SSSR count). The van der Waals surface area contributed by atoms with Crippen molar-refractivity contribution < 1.29 is 9.26 Å². The fraction of sp³-hybridized carbons (Fsp3) is 0.308. The first kappa shape index (κ1) is 11.8. The van der Waals surface area contributed by atoms with Crippen LogP contribution in [-0.4, -0.2) is 12.3 Å². The van der Waals surface area contributed by atoms with Gasteiger partial charge in [-0.05, 0) is 11.1 Å². The van der Waals surface area contributed by atoms with Crippen LogP contribution >= 0.6 is 0 Å². The maximum Gasteiger partial charge on any atom is 0.124 e. The zero-order valence-electron chi connectivity index (χ0n) is 9.85. The molecule has 0 saturated carbocycles. The van der Waals surface area contributed by atoms with Crippen LogP contribution in [0.25, 0.3) is 0 Å². The van der Waals surface area contributed by atoms with E-state index in [-0.39, 0.29) is 0 Å². The Kier molecular flexibility index (Phi) is 4.30. The molecule has 0 fully saturated rings. The number of ether oxygens (including phenoxy) is 1. The Balaban J connectivity index is 1.84. The SMILES string of the molecule is COCc1cccc(CNCc2ccon2)c1. The molecule has 0 aliphatic carbocycles. The number of benzene rings is 1. The van der Waals surface area contributed by atoms with E-state index in [0.29, 0.717) is 13.2 Å². The van der Waals surface area contributed by atoms with Crippen LogP contribution in [0.5, 0.6) is 0 Å². The summed E-state index contributed by atoms with van der Waals surface area (Å²) < 4.78 is 9.87. The highest BCUT2D eigenvalue weighted by atomic mass is 16.5. The van der Waals surface area contributed by atoms with Crippen LogP contribution in [0, 0.1) is 0 Å². The van der Waals surface area contributed by atoms with Crippen molar-refractivity contribution in [1.29, 1.82) is 0 Å². The Morgan fingerprint density at radius 2 is 2.12 bits per heavy atom. The van der Waals surface area contributed by atoms with E-state index >= 15 is 0 Å². The van der Waals surface area contributed by atoms with Crippen LogP contribution in [0.1, 0.15) is 16.8 Å². The molecule has 0 saturated heterocycles. The number of nitrogens with zero attached hydrogens (tertiary/aromatic N) is 1. The molecule has 1 aromatic carbocycles. The highest BCUT2D eigenvalue weighted by Crippen LogP contribution is 2.06. The van der Waals surface area contributed by atoms with Crippen molar-refractivity contribution in [2.75, 3.05) is 7.11 Å².